The maximum Gasteiger partial charge on any atom is 0.507 e. The minimum Gasteiger partial charge on any atom is -0.421 e. The number of alkyl halides is 4. The molecule has 1 fully saturated rings. The Morgan fingerprint density at radius 2 is 1.66 bits per heavy atom. The van der Waals surface area contributed by atoms with Crippen molar-refractivity contribution in [1.29, 1.82) is 0 Å². The molecule has 1 unspecified atom stereocenters. The van der Waals surface area contributed by atoms with Gasteiger partial charge < -0.3 is 20.1 Å². The second-order valence-electron chi connectivity index (χ2n) is 9.41. The van der Waals surface area contributed by atoms with E-state index in [1.165, 1.54) is 12.3 Å². The van der Waals surface area contributed by atoms with Gasteiger partial charge in [0.1, 0.15) is 5.54 Å². The fourth-order valence-electron chi connectivity index (χ4n) is 4.87. The van der Waals surface area contributed by atoms with Gasteiger partial charge in [-0.2, -0.15) is 17.6 Å². The standard InChI is InChI=1S/C27H24ClF4N3O3/c28-19-11-13-23(33-16-19)25(15-17-6-2-1-3-7-17,35-24(36)34-20-8-4-5-9-20)18-10-12-21-22(14-18)38-27(31,32)26(29,30)37-21/h1-3,6-7,10-14,16,20H,4-5,8-9,15H2,(H2,34,35,36). The average molecular weight is 550 g/mol. The van der Waals surface area contributed by atoms with Gasteiger partial charge in [0.05, 0.1) is 10.7 Å². The molecule has 2 N–H and O–H groups in total. The molecule has 0 bridgehead atoms. The number of rotatable bonds is 6. The number of hydrogen-bond donors (Lipinski definition) is 2. The van der Waals surface area contributed by atoms with Gasteiger partial charge in [-0.15, -0.1) is 0 Å². The van der Waals surface area contributed by atoms with E-state index in [1.54, 1.807) is 12.1 Å². The number of carbonyl (C=O) groups is 1. The second-order valence-corrected chi connectivity index (χ2v) is 9.84. The first kappa shape index (κ1) is 26.1. The fraction of sp³-hybridized carbons (Fsp3) is 0.333. The third-order valence-electron chi connectivity index (χ3n) is 6.75. The lowest BCUT2D eigenvalue weighted by molar-refractivity contribution is -0.391. The number of carbonyl (C=O) groups excluding carboxylic acids is 1. The zero-order valence-electron chi connectivity index (χ0n) is 20.0. The highest BCUT2D eigenvalue weighted by Crippen LogP contribution is 2.48. The number of aromatic nitrogens is 1. The highest BCUT2D eigenvalue weighted by atomic mass is 35.5. The Labute approximate surface area is 221 Å². The Kier molecular flexibility index (Phi) is 6.85. The molecular formula is C27H24ClF4N3O3. The molecule has 1 aromatic heterocycles. The number of fused-ring (bicyclic) bond motifs is 1. The number of pyridine rings is 1. The molecule has 2 heterocycles. The van der Waals surface area contributed by atoms with Crippen molar-refractivity contribution in [2.75, 3.05) is 0 Å². The minimum absolute atomic E-state index is 0.0104. The first-order valence-electron chi connectivity index (χ1n) is 12.1. The number of halogens is 5. The molecule has 0 saturated heterocycles. The Balaban J connectivity index is 1.63. The van der Waals surface area contributed by atoms with E-state index in [0.717, 1.165) is 43.4 Å². The molecule has 0 radical (unpaired) electrons. The first-order valence-corrected chi connectivity index (χ1v) is 12.5. The average Bonchev–Trinajstić information content (AvgIpc) is 3.37. The van der Waals surface area contributed by atoms with Gasteiger partial charge in [-0.25, -0.2) is 4.79 Å². The summed E-state index contributed by atoms with van der Waals surface area (Å²) in [6, 6.07) is 15.5. The van der Waals surface area contributed by atoms with Gasteiger partial charge in [-0.1, -0.05) is 60.8 Å². The quantitative estimate of drug-likeness (QED) is 0.348. The molecule has 1 saturated carbocycles. The Morgan fingerprint density at radius 3 is 2.32 bits per heavy atom. The zero-order valence-corrected chi connectivity index (χ0v) is 20.8. The molecule has 1 aliphatic carbocycles. The molecule has 200 valence electrons. The maximum absolute atomic E-state index is 14.0. The highest BCUT2D eigenvalue weighted by Gasteiger charge is 2.66. The third kappa shape index (κ3) is 5.09. The molecule has 5 rings (SSSR count). The molecule has 2 aromatic carbocycles. The predicted molar refractivity (Wildman–Crippen MR) is 132 cm³/mol. The maximum atomic E-state index is 14.0. The molecule has 2 amide bonds. The summed E-state index contributed by atoms with van der Waals surface area (Å²) in [7, 11) is 0. The number of ether oxygens (including phenoxy) is 2. The molecular weight excluding hydrogens is 526 g/mol. The van der Waals surface area contributed by atoms with Crippen molar-refractivity contribution in [3.8, 4) is 11.5 Å². The van der Waals surface area contributed by atoms with Crippen LogP contribution >= 0.6 is 11.6 Å². The molecule has 0 spiro atoms. The number of nitrogens with one attached hydrogen (secondary N) is 2. The van der Waals surface area contributed by atoms with Crippen molar-refractivity contribution in [3.05, 3.63) is 88.7 Å². The summed E-state index contributed by atoms with van der Waals surface area (Å²) in [5.74, 6) is -1.15. The molecule has 11 heteroatoms. The summed E-state index contributed by atoms with van der Waals surface area (Å²) in [6.07, 6.45) is -4.52. The van der Waals surface area contributed by atoms with Crippen LogP contribution in [0.3, 0.4) is 0 Å². The van der Waals surface area contributed by atoms with Crippen molar-refractivity contribution in [3.63, 3.8) is 0 Å². The summed E-state index contributed by atoms with van der Waals surface area (Å²) in [5, 5.41) is 6.34. The first-order chi connectivity index (χ1) is 18.1. The van der Waals surface area contributed by atoms with Crippen LogP contribution in [0.15, 0.2) is 66.9 Å². The van der Waals surface area contributed by atoms with E-state index in [0.29, 0.717) is 10.7 Å². The van der Waals surface area contributed by atoms with Gasteiger partial charge in [0.25, 0.3) is 0 Å². The third-order valence-corrected chi connectivity index (χ3v) is 6.97. The van der Waals surface area contributed by atoms with Crippen LogP contribution in [0.5, 0.6) is 11.5 Å². The molecule has 1 aliphatic heterocycles. The van der Waals surface area contributed by atoms with E-state index in [1.807, 2.05) is 30.3 Å². The van der Waals surface area contributed by atoms with Crippen molar-refractivity contribution >= 4 is 17.6 Å². The van der Waals surface area contributed by atoms with Gasteiger partial charge in [0.15, 0.2) is 11.5 Å². The lowest BCUT2D eigenvalue weighted by atomic mass is 9.80. The zero-order chi connectivity index (χ0) is 27.0. The smallest absolute Gasteiger partial charge is 0.421 e. The SMILES string of the molecule is O=C(NC1CCCC1)NC(Cc1ccccc1)(c1ccc2c(c1)OC(F)(F)C(F)(F)O2)c1ccc(Cl)cn1. The van der Waals surface area contributed by atoms with E-state index in [2.05, 4.69) is 25.1 Å². The number of amides is 2. The number of urea groups is 1. The molecule has 38 heavy (non-hydrogen) atoms. The lowest BCUT2D eigenvalue weighted by Crippen LogP contribution is -2.54. The number of hydrogen-bond acceptors (Lipinski definition) is 4. The van der Waals surface area contributed by atoms with Crippen LogP contribution < -0.4 is 20.1 Å². The number of nitrogens with zero attached hydrogens (tertiary/aromatic N) is 1. The monoisotopic (exact) mass is 549 g/mol. The summed E-state index contributed by atoms with van der Waals surface area (Å²) in [4.78, 5) is 17.8. The van der Waals surface area contributed by atoms with Crippen LogP contribution in [-0.2, 0) is 12.0 Å². The van der Waals surface area contributed by atoms with E-state index in [-0.39, 0.29) is 18.0 Å². The van der Waals surface area contributed by atoms with Gasteiger partial charge >= 0.3 is 18.2 Å². The fourth-order valence-corrected chi connectivity index (χ4v) is 4.98. The van der Waals surface area contributed by atoms with Crippen LogP contribution in [-0.4, -0.2) is 29.3 Å². The van der Waals surface area contributed by atoms with E-state index in [4.69, 9.17) is 11.6 Å². The summed E-state index contributed by atoms with van der Waals surface area (Å²) >= 11 is 6.09. The normalized spacial score (nSPS) is 19.4. The van der Waals surface area contributed by atoms with Crippen LogP contribution in [0.2, 0.25) is 5.02 Å². The Bertz CT molecular complexity index is 1300. The summed E-state index contributed by atoms with van der Waals surface area (Å²) in [6.45, 7) is 0. The van der Waals surface area contributed by atoms with Crippen molar-refractivity contribution in [2.45, 2.75) is 55.9 Å². The van der Waals surface area contributed by atoms with Crippen LogP contribution in [0, 0.1) is 0 Å². The molecule has 1 atom stereocenters. The minimum atomic E-state index is -4.90. The molecule has 2 aliphatic rings. The van der Waals surface area contributed by atoms with Gasteiger partial charge in [-0.3, -0.25) is 4.98 Å². The summed E-state index contributed by atoms with van der Waals surface area (Å²) in [5.41, 5.74) is -0.0261. The molecule has 6 nitrogen and oxygen atoms in total. The van der Waals surface area contributed by atoms with Gasteiger partial charge in [-0.05, 0) is 48.2 Å². The Morgan fingerprint density at radius 1 is 0.974 bits per heavy atom. The molecule has 3 aromatic rings. The van der Waals surface area contributed by atoms with E-state index < -0.39 is 35.3 Å². The number of benzene rings is 2. The van der Waals surface area contributed by atoms with Crippen molar-refractivity contribution < 1.29 is 31.8 Å². The van der Waals surface area contributed by atoms with Crippen molar-refractivity contribution in [2.24, 2.45) is 0 Å². The van der Waals surface area contributed by atoms with E-state index >= 15 is 0 Å². The van der Waals surface area contributed by atoms with Crippen LogP contribution in [0.4, 0.5) is 22.4 Å². The summed E-state index contributed by atoms with van der Waals surface area (Å²) < 4.78 is 64.3. The largest absolute Gasteiger partial charge is 0.507 e. The second kappa shape index (κ2) is 9.98. The van der Waals surface area contributed by atoms with Crippen molar-refractivity contribution in [1.82, 2.24) is 15.6 Å². The van der Waals surface area contributed by atoms with Gasteiger partial charge in [0.2, 0.25) is 0 Å². The van der Waals surface area contributed by atoms with Crippen LogP contribution in [0.1, 0.15) is 42.5 Å². The topological polar surface area (TPSA) is 72.5 Å². The van der Waals surface area contributed by atoms with Crippen LogP contribution in [0.25, 0.3) is 0 Å². The van der Waals surface area contributed by atoms with Gasteiger partial charge in [0, 0.05) is 18.7 Å². The Hall–Kier alpha value is -3.53. The highest BCUT2D eigenvalue weighted by molar-refractivity contribution is 6.30. The van der Waals surface area contributed by atoms with E-state index in [9.17, 15) is 22.4 Å². The predicted octanol–water partition coefficient (Wildman–Crippen LogP) is 6.42. The lowest BCUT2D eigenvalue weighted by Gasteiger charge is -2.37.